The van der Waals surface area contributed by atoms with Crippen molar-refractivity contribution in [3.8, 4) is 0 Å². The second kappa shape index (κ2) is 8.06. The largest absolute Gasteiger partial charge is 0.443 e. The van der Waals surface area contributed by atoms with Crippen LogP contribution in [0.1, 0.15) is 44.7 Å². The van der Waals surface area contributed by atoms with Gasteiger partial charge >= 0.3 is 11.8 Å². The number of nitrogens with zero attached hydrogens (tertiary/aromatic N) is 3. The number of carbonyl (C=O) groups excluding carboxylic acids is 2. The average molecular weight is 421 g/mol. The number of benzene rings is 2. The van der Waals surface area contributed by atoms with Crippen molar-refractivity contribution in [1.82, 2.24) is 14.0 Å². The van der Waals surface area contributed by atoms with E-state index in [1.54, 1.807) is 37.5 Å². The van der Waals surface area contributed by atoms with Crippen LogP contribution in [0.15, 0.2) is 53.3 Å². The van der Waals surface area contributed by atoms with E-state index in [0.29, 0.717) is 30.5 Å². The molecule has 1 fully saturated rings. The minimum atomic E-state index is -0.702. The number of fused-ring (bicyclic) bond motifs is 1. The third kappa shape index (κ3) is 4.40. The standard InChI is InChI=1S/C24H27N3O4/c1-24(2,3)31-23(30)27-20-8-5-4-7-19(20)26(22(27)29)16-18-12-10-17(11-13-18)15-25-14-6-9-21(25)28/h4-5,7-8,10-13H,6,9,14-16H2,1-3H3. The first kappa shape index (κ1) is 20.9. The highest BCUT2D eigenvalue weighted by Crippen LogP contribution is 2.18. The number of ether oxygens (including phenoxy) is 1. The predicted octanol–water partition coefficient (Wildman–Crippen LogP) is 3.76. The summed E-state index contributed by atoms with van der Waals surface area (Å²) in [5.74, 6) is 0.200. The third-order valence-electron chi connectivity index (χ3n) is 5.32. The molecule has 7 heteroatoms. The van der Waals surface area contributed by atoms with Gasteiger partial charge in [0.1, 0.15) is 5.60 Å². The molecule has 1 amide bonds. The number of para-hydroxylation sites is 2. The Hall–Kier alpha value is -3.35. The van der Waals surface area contributed by atoms with Gasteiger partial charge in [-0.25, -0.2) is 9.59 Å². The number of hydrogen-bond donors (Lipinski definition) is 0. The summed E-state index contributed by atoms with van der Waals surface area (Å²) in [7, 11) is 0. The molecule has 162 valence electrons. The Morgan fingerprint density at radius 1 is 0.935 bits per heavy atom. The molecule has 4 rings (SSSR count). The number of hydrogen-bond acceptors (Lipinski definition) is 4. The molecule has 0 saturated carbocycles. The van der Waals surface area contributed by atoms with Gasteiger partial charge in [0.05, 0.1) is 17.6 Å². The summed E-state index contributed by atoms with van der Waals surface area (Å²) in [6.45, 7) is 7.06. The van der Waals surface area contributed by atoms with Crippen LogP contribution in [-0.4, -0.2) is 38.2 Å². The monoisotopic (exact) mass is 421 g/mol. The fourth-order valence-electron chi connectivity index (χ4n) is 3.87. The van der Waals surface area contributed by atoms with Crippen LogP contribution < -0.4 is 5.69 Å². The van der Waals surface area contributed by atoms with E-state index < -0.39 is 17.4 Å². The van der Waals surface area contributed by atoms with Crippen molar-refractivity contribution in [3.63, 3.8) is 0 Å². The normalized spacial score (nSPS) is 14.4. The minimum Gasteiger partial charge on any atom is -0.443 e. The minimum absolute atomic E-state index is 0.200. The smallest absolute Gasteiger partial charge is 0.423 e. The van der Waals surface area contributed by atoms with Gasteiger partial charge in [0.2, 0.25) is 5.91 Å². The molecule has 0 spiro atoms. The van der Waals surface area contributed by atoms with E-state index in [0.717, 1.165) is 28.7 Å². The maximum atomic E-state index is 13.1. The molecule has 2 heterocycles. The molecular formula is C24H27N3O4. The van der Waals surface area contributed by atoms with Gasteiger partial charge < -0.3 is 9.64 Å². The fourth-order valence-corrected chi connectivity index (χ4v) is 3.87. The second-order valence-electron chi connectivity index (χ2n) is 8.91. The molecule has 1 aliphatic heterocycles. The molecule has 1 aromatic heterocycles. The van der Waals surface area contributed by atoms with Crippen molar-refractivity contribution in [2.75, 3.05) is 6.54 Å². The van der Waals surface area contributed by atoms with Crippen LogP contribution in [0.25, 0.3) is 11.0 Å². The SMILES string of the molecule is CC(C)(C)OC(=O)n1c(=O)n(Cc2ccc(CN3CCCC3=O)cc2)c2ccccc21. The summed E-state index contributed by atoms with van der Waals surface area (Å²) < 4.78 is 8.12. The molecule has 0 radical (unpaired) electrons. The summed E-state index contributed by atoms with van der Waals surface area (Å²) in [5, 5.41) is 0. The molecule has 0 aliphatic carbocycles. The number of aromatic nitrogens is 2. The number of amides is 1. The van der Waals surface area contributed by atoms with Crippen LogP contribution in [0.3, 0.4) is 0 Å². The second-order valence-corrected chi connectivity index (χ2v) is 8.91. The molecule has 1 aliphatic rings. The van der Waals surface area contributed by atoms with Crippen LogP contribution in [-0.2, 0) is 22.6 Å². The molecular weight excluding hydrogens is 394 g/mol. The Kier molecular flexibility index (Phi) is 5.43. The summed E-state index contributed by atoms with van der Waals surface area (Å²) in [4.78, 5) is 39.5. The van der Waals surface area contributed by atoms with E-state index in [2.05, 4.69) is 0 Å². The van der Waals surface area contributed by atoms with Gasteiger partial charge in [-0.3, -0.25) is 9.36 Å². The van der Waals surface area contributed by atoms with Crippen molar-refractivity contribution < 1.29 is 14.3 Å². The lowest BCUT2D eigenvalue weighted by molar-refractivity contribution is -0.128. The molecule has 2 aromatic carbocycles. The van der Waals surface area contributed by atoms with E-state index in [4.69, 9.17) is 4.74 Å². The highest BCUT2D eigenvalue weighted by molar-refractivity contribution is 5.87. The molecule has 0 bridgehead atoms. The van der Waals surface area contributed by atoms with E-state index in [9.17, 15) is 14.4 Å². The average Bonchev–Trinajstić information content (AvgIpc) is 3.23. The van der Waals surface area contributed by atoms with Gasteiger partial charge in [-0.2, -0.15) is 4.57 Å². The summed E-state index contributed by atoms with van der Waals surface area (Å²) in [5.41, 5.74) is 2.05. The Morgan fingerprint density at radius 2 is 1.55 bits per heavy atom. The lowest BCUT2D eigenvalue weighted by Gasteiger charge is -2.19. The lowest BCUT2D eigenvalue weighted by atomic mass is 10.1. The Labute approximate surface area is 180 Å². The Morgan fingerprint density at radius 3 is 2.13 bits per heavy atom. The Bertz CT molecular complexity index is 1180. The number of likely N-dealkylation sites (tertiary alicyclic amines) is 1. The number of imidazole rings is 1. The van der Waals surface area contributed by atoms with Crippen LogP contribution in [0.5, 0.6) is 0 Å². The van der Waals surface area contributed by atoms with E-state index >= 15 is 0 Å². The van der Waals surface area contributed by atoms with Gasteiger partial charge in [-0.05, 0) is 50.5 Å². The zero-order chi connectivity index (χ0) is 22.2. The van der Waals surface area contributed by atoms with Crippen LogP contribution in [0, 0.1) is 0 Å². The summed E-state index contributed by atoms with van der Waals surface area (Å²) in [6.07, 6.45) is 0.864. The molecule has 1 saturated heterocycles. The third-order valence-corrected chi connectivity index (χ3v) is 5.32. The van der Waals surface area contributed by atoms with Crippen LogP contribution in [0.4, 0.5) is 4.79 Å². The van der Waals surface area contributed by atoms with Gasteiger partial charge in [-0.1, -0.05) is 36.4 Å². The van der Waals surface area contributed by atoms with Crippen molar-refractivity contribution in [3.05, 3.63) is 70.1 Å². The number of rotatable bonds is 4. The van der Waals surface area contributed by atoms with Crippen LogP contribution in [0.2, 0.25) is 0 Å². The van der Waals surface area contributed by atoms with Crippen molar-refractivity contribution >= 4 is 23.0 Å². The highest BCUT2D eigenvalue weighted by Gasteiger charge is 2.24. The molecule has 3 aromatic rings. The highest BCUT2D eigenvalue weighted by atomic mass is 16.6. The first-order valence-electron chi connectivity index (χ1n) is 10.5. The molecule has 0 N–H and O–H groups in total. The zero-order valence-corrected chi connectivity index (χ0v) is 18.1. The maximum Gasteiger partial charge on any atom is 0.423 e. The first-order valence-corrected chi connectivity index (χ1v) is 10.5. The van der Waals surface area contributed by atoms with Gasteiger partial charge in [0, 0.05) is 19.5 Å². The zero-order valence-electron chi connectivity index (χ0n) is 18.1. The van der Waals surface area contributed by atoms with Crippen molar-refractivity contribution in [2.45, 2.75) is 52.3 Å². The maximum absolute atomic E-state index is 13.1. The lowest BCUT2D eigenvalue weighted by Crippen LogP contribution is -2.34. The van der Waals surface area contributed by atoms with Gasteiger partial charge in [0.25, 0.3) is 0 Å². The van der Waals surface area contributed by atoms with Crippen LogP contribution >= 0.6 is 0 Å². The quantitative estimate of drug-likeness (QED) is 0.643. The summed E-state index contributed by atoms with van der Waals surface area (Å²) >= 11 is 0. The van der Waals surface area contributed by atoms with Crippen molar-refractivity contribution in [2.24, 2.45) is 0 Å². The fraction of sp³-hybridized carbons (Fsp3) is 0.375. The molecule has 7 nitrogen and oxygen atoms in total. The predicted molar refractivity (Wildman–Crippen MR) is 118 cm³/mol. The first-order chi connectivity index (χ1) is 14.7. The molecule has 0 atom stereocenters. The topological polar surface area (TPSA) is 73.5 Å². The molecule has 31 heavy (non-hydrogen) atoms. The van der Waals surface area contributed by atoms with Gasteiger partial charge in [0.15, 0.2) is 0 Å². The number of carbonyl (C=O) groups is 2. The van der Waals surface area contributed by atoms with E-state index in [1.165, 1.54) is 0 Å². The van der Waals surface area contributed by atoms with Gasteiger partial charge in [-0.15, -0.1) is 0 Å². The summed E-state index contributed by atoms with van der Waals surface area (Å²) in [6, 6.07) is 15.1. The Balaban J connectivity index is 1.61. The molecule has 0 unspecified atom stereocenters. The van der Waals surface area contributed by atoms with E-state index in [1.807, 2.05) is 41.3 Å². The van der Waals surface area contributed by atoms with E-state index in [-0.39, 0.29) is 5.91 Å². The van der Waals surface area contributed by atoms with Crippen molar-refractivity contribution in [1.29, 1.82) is 0 Å².